The highest BCUT2D eigenvalue weighted by molar-refractivity contribution is 5.39. The number of hydrogen-bond acceptors (Lipinski definition) is 4. The number of nitrogens with zero attached hydrogens (tertiary/aromatic N) is 5. The normalized spacial score (nSPS) is 10.6. The minimum Gasteiger partial charge on any atom is -0.396 e. The molecule has 0 atom stereocenters. The molecule has 0 unspecified atom stereocenters. The van der Waals surface area contributed by atoms with Gasteiger partial charge < -0.3 is 5.73 Å². The molecule has 2 aromatic heterocycles. The standard InChI is InChI=1S/C8H12N6/c1-7-8(9)4-11-14(7)3-2-13-6-10-5-12-13/h4-6H,2-3,9H2,1H3. The summed E-state index contributed by atoms with van der Waals surface area (Å²) in [6, 6.07) is 0. The Balaban J connectivity index is 2.02. The Labute approximate surface area is 81.4 Å². The van der Waals surface area contributed by atoms with Crippen LogP contribution in [0.3, 0.4) is 0 Å². The van der Waals surface area contributed by atoms with Crippen molar-refractivity contribution in [3.8, 4) is 0 Å². The third-order valence-corrected chi connectivity index (χ3v) is 2.15. The molecule has 0 amide bonds. The lowest BCUT2D eigenvalue weighted by atomic mass is 10.4. The van der Waals surface area contributed by atoms with Crippen molar-refractivity contribution >= 4 is 5.69 Å². The molecule has 74 valence electrons. The smallest absolute Gasteiger partial charge is 0.137 e. The Morgan fingerprint density at radius 3 is 2.79 bits per heavy atom. The van der Waals surface area contributed by atoms with Crippen LogP contribution in [0.2, 0.25) is 0 Å². The lowest BCUT2D eigenvalue weighted by molar-refractivity contribution is 0.492. The molecule has 2 N–H and O–H groups in total. The van der Waals surface area contributed by atoms with E-state index >= 15 is 0 Å². The molecule has 6 nitrogen and oxygen atoms in total. The molecule has 0 fully saturated rings. The third kappa shape index (κ3) is 1.59. The monoisotopic (exact) mass is 192 g/mol. The Hall–Kier alpha value is -1.85. The van der Waals surface area contributed by atoms with Gasteiger partial charge >= 0.3 is 0 Å². The van der Waals surface area contributed by atoms with Gasteiger partial charge in [0.1, 0.15) is 12.7 Å². The van der Waals surface area contributed by atoms with Crippen LogP contribution < -0.4 is 5.73 Å². The molecule has 0 bridgehead atoms. The first-order valence-corrected chi connectivity index (χ1v) is 4.37. The van der Waals surface area contributed by atoms with E-state index in [1.165, 1.54) is 6.33 Å². The molecule has 6 heteroatoms. The molecular formula is C8H12N6. The number of rotatable bonds is 3. The Morgan fingerprint density at radius 1 is 1.36 bits per heavy atom. The highest BCUT2D eigenvalue weighted by Gasteiger charge is 2.02. The summed E-state index contributed by atoms with van der Waals surface area (Å²) in [6.45, 7) is 3.46. The van der Waals surface area contributed by atoms with Gasteiger partial charge in [-0.1, -0.05) is 0 Å². The third-order valence-electron chi connectivity index (χ3n) is 2.15. The molecule has 2 aromatic rings. The second kappa shape index (κ2) is 3.49. The van der Waals surface area contributed by atoms with E-state index in [4.69, 9.17) is 5.73 Å². The van der Waals surface area contributed by atoms with Crippen LogP contribution in [0.25, 0.3) is 0 Å². The van der Waals surface area contributed by atoms with Crippen molar-refractivity contribution in [2.75, 3.05) is 5.73 Å². The summed E-state index contributed by atoms with van der Waals surface area (Å²) in [5, 5.41) is 8.15. The van der Waals surface area contributed by atoms with E-state index in [0.717, 1.165) is 24.5 Å². The molecule has 2 rings (SSSR count). The first-order chi connectivity index (χ1) is 6.77. The molecule has 0 saturated carbocycles. The number of nitrogen functional groups attached to an aromatic ring is 1. The fraction of sp³-hybridized carbons (Fsp3) is 0.375. The van der Waals surface area contributed by atoms with Crippen LogP contribution in [0.4, 0.5) is 5.69 Å². The van der Waals surface area contributed by atoms with Crippen molar-refractivity contribution in [2.24, 2.45) is 0 Å². The Bertz CT molecular complexity index is 401. The molecule has 0 saturated heterocycles. The predicted octanol–water partition coefficient (Wildman–Crippen LogP) is 0.0654. The van der Waals surface area contributed by atoms with E-state index in [1.54, 1.807) is 17.2 Å². The van der Waals surface area contributed by atoms with Crippen LogP contribution in [-0.2, 0) is 13.1 Å². The largest absolute Gasteiger partial charge is 0.396 e. The minimum absolute atomic E-state index is 0.726. The van der Waals surface area contributed by atoms with Crippen molar-refractivity contribution in [2.45, 2.75) is 20.0 Å². The molecule has 0 spiro atoms. The maximum atomic E-state index is 5.67. The number of aryl methyl sites for hydroxylation is 2. The molecule has 0 aliphatic rings. The van der Waals surface area contributed by atoms with Crippen LogP contribution in [-0.4, -0.2) is 24.5 Å². The summed E-state index contributed by atoms with van der Waals surface area (Å²) < 4.78 is 3.62. The maximum absolute atomic E-state index is 5.67. The molecule has 0 radical (unpaired) electrons. The zero-order valence-corrected chi connectivity index (χ0v) is 7.96. The molecule has 2 heterocycles. The predicted molar refractivity (Wildman–Crippen MR) is 51.4 cm³/mol. The quantitative estimate of drug-likeness (QED) is 0.746. The highest BCUT2D eigenvalue weighted by atomic mass is 15.3. The lowest BCUT2D eigenvalue weighted by Crippen LogP contribution is -2.10. The highest BCUT2D eigenvalue weighted by Crippen LogP contribution is 2.07. The van der Waals surface area contributed by atoms with Crippen molar-refractivity contribution in [3.63, 3.8) is 0 Å². The van der Waals surface area contributed by atoms with Crippen molar-refractivity contribution < 1.29 is 0 Å². The lowest BCUT2D eigenvalue weighted by Gasteiger charge is -2.03. The maximum Gasteiger partial charge on any atom is 0.137 e. The number of aromatic nitrogens is 5. The average molecular weight is 192 g/mol. The minimum atomic E-state index is 0.726. The summed E-state index contributed by atoms with van der Waals surface area (Å²) in [4.78, 5) is 3.86. The van der Waals surface area contributed by atoms with Gasteiger partial charge in [-0.15, -0.1) is 0 Å². The van der Waals surface area contributed by atoms with E-state index in [-0.39, 0.29) is 0 Å². The topological polar surface area (TPSA) is 74.5 Å². The van der Waals surface area contributed by atoms with Crippen LogP contribution in [0.15, 0.2) is 18.9 Å². The fourth-order valence-corrected chi connectivity index (χ4v) is 1.23. The number of anilines is 1. The summed E-state index contributed by atoms with van der Waals surface area (Å²) in [7, 11) is 0. The summed E-state index contributed by atoms with van der Waals surface area (Å²) in [5.74, 6) is 0. The van der Waals surface area contributed by atoms with Gasteiger partial charge in [-0.25, -0.2) is 4.98 Å². The average Bonchev–Trinajstić information content (AvgIpc) is 2.77. The first-order valence-electron chi connectivity index (χ1n) is 4.37. The Morgan fingerprint density at radius 2 is 2.21 bits per heavy atom. The van der Waals surface area contributed by atoms with E-state index in [1.807, 2.05) is 11.6 Å². The first kappa shape index (κ1) is 8.74. The van der Waals surface area contributed by atoms with E-state index < -0.39 is 0 Å². The van der Waals surface area contributed by atoms with Crippen LogP contribution in [0.5, 0.6) is 0 Å². The van der Waals surface area contributed by atoms with Crippen molar-refractivity contribution in [1.29, 1.82) is 0 Å². The molecule has 0 aliphatic heterocycles. The van der Waals surface area contributed by atoms with Gasteiger partial charge in [0.05, 0.1) is 30.7 Å². The van der Waals surface area contributed by atoms with Crippen LogP contribution >= 0.6 is 0 Å². The van der Waals surface area contributed by atoms with Gasteiger partial charge in [0.2, 0.25) is 0 Å². The van der Waals surface area contributed by atoms with Gasteiger partial charge in [-0.3, -0.25) is 9.36 Å². The van der Waals surface area contributed by atoms with Gasteiger partial charge in [0, 0.05) is 0 Å². The van der Waals surface area contributed by atoms with Crippen molar-refractivity contribution in [3.05, 3.63) is 24.5 Å². The molecule has 0 aromatic carbocycles. The van der Waals surface area contributed by atoms with Gasteiger partial charge in [0.25, 0.3) is 0 Å². The van der Waals surface area contributed by atoms with Crippen molar-refractivity contribution in [1.82, 2.24) is 24.5 Å². The fourth-order valence-electron chi connectivity index (χ4n) is 1.23. The Kier molecular flexibility index (Phi) is 2.18. The summed E-state index contributed by atoms with van der Waals surface area (Å²) in [6.07, 6.45) is 4.86. The van der Waals surface area contributed by atoms with Gasteiger partial charge in [-0.2, -0.15) is 10.2 Å². The van der Waals surface area contributed by atoms with E-state index in [9.17, 15) is 0 Å². The second-order valence-electron chi connectivity index (χ2n) is 3.07. The van der Waals surface area contributed by atoms with Gasteiger partial charge in [0.15, 0.2) is 0 Å². The van der Waals surface area contributed by atoms with Crippen LogP contribution in [0.1, 0.15) is 5.69 Å². The summed E-state index contributed by atoms with van der Waals surface area (Å²) in [5.41, 5.74) is 7.39. The zero-order chi connectivity index (χ0) is 9.97. The molecule has 0 aliphatic carbocycles. The second-order valence-corrected chi connectivity index (χ2v) is 3.07. The summed E-state index contributed by atoms with van der Waals surface area (Å²) >= 11 is 0. The molecular weight excluding hydrogens is 180 g/mol. The van der Waals surface area contributed by atoms with Gasteiger partial charge in [-0.05, 0) is 6.92 Å². The number of hydrogen-bond donors (Lipinski definition) is 1. The number of nitrogens with two attached hydrogens (primary N) is 1. The van der Waals surface area contributed by atoms with E-state index in [2.05, 4.69) is 15.2 Å². The van der Waals surface area contributed by atoms with E-state index in [0.29, 0.717) is 0 Å². The molecule has 14 heavy (non-hydrogen) atoms. The van der Waals surface area contributed by atoms with Crippen LogP contribution in [0, 0.1) is 6.92 Å². The SMILES string of the molecule is Cc1c(N)cnn1CCn1cncn1. The zero-order valence-electron chi connectivity index (χ0n) is 7.96.